The first kappa shape index (κ1) is 15.7. The number of aliphatic hydroxyl groups excluding tert-OH is 1. The molecule has 130 valence electrons. The van der Waals surface area contributed by atoms with Crippen molar-refractivity contribution in [2.45, 2.75) is 37.2 Å². The Labute approximate surface area is 153 Å². The quantitative estimate of drug-likeness (QED) is 0.711. The normalized spacial score (nSPS) is 21.6. The van der Waals surface area contributed by atoms with Gasteiger partial charge in [0.15, 0.2) is 0 Å². The molecule has 1 spiro atoms. The first-order valence-corrected chi connectivity index (χ1v) is 9.37. The van der Waals surface area contributed by atoms with E-state index in [9.17, 15) is 10.2 Å². The van der Waals surface area contributed by atoms with Crippen LogP contribution in [0.25, 0.3) is 0 Å². The van der Waals surface area contributed by atoms with Crippen molar-refractivity contribution < 1.29 is 10.2 Å². The number of phenolic OH excluding ortho intramolecular Hbond substituents is 1. The van der Waals surface area contributed by atoms with E-state index < -0.39 is 6.10 Å². The maximum atomic E-state index is 11.2. The summed E-state index contributed by atoms with van der Waals surface area (Å²) in [6.45, 7) is 0. The maximum absolute atomic E-state index is 11.2. The zero-order chi connectivity index (χ0) is 17.7. The van der Waals surface area contributed by atoms with Gasteiger partial charge in [0.2, 0.25) is 0 Å². The summed E-state index contributed by atoms with van der Waals surface area (Å²) in [7, 11) is 0. The average Bonchev–Trinajstić information content (AvgIpc) is 3.25. The Morgan fingerprint density at radius 1 is 0.731 bits per heavy atom. The summed E-state index contributed by atoms with van der Waals surface area (Å²) in [5.74, 6) is 0.400. The molecule has 2 heteroatoms. The molecule has 2 aliphatic carbocycles. The first-order valence-electron chi connectivity index (χ1n) is 9.37. The van der Waals surface area contributed by atoms with Crippen molar-refractivity contribution in [3.05, 3.63) is 100 Å². The van der Waals surface area contributed by atoms with Crippen LogP contribution in [0.5, 0.6) is 5.75 Å². The molecule has 0 fully saturated rings. The number of aliphatic hydroxyl groups is 1. The fourth-order valence-corrected chi connectivity index (χ4v) is 5.25. The van der Waals surface area contributed by atoms with Crippen molar-refractivity contribution in [1.29, 1.82) is 0 Å². The lowest BCUT2D eigenvalue weighted by Crippen LogP contribution is -2.24. The number of benzene rings is 3. The molecule has 0 saturated heterocycles. The molecule has 0 aromatic heterocycles. The minimum Gasteiger partial charge on any atom is -0.508 e. The summed E-state index contributed by atoms with van der Waals surface area (Å²) >= 11 is 0. The topological polar surface area (TPSA) is 40.5 Å². The molecule has 3 aromatic rings. The number of hydrogen-bond donors (Lipinski definition) is 2. The van der Waals surface area contributed by atoms with Gasteiger partial charge in [0.05, 0.1) is 0 Å². The highest BCUT2D eigenvalue weighted by atomic mass is 16.3. The van der Waals surface area contributed by atoms with Crippen LogP contribution in [0.15, 0.2) is 66.7 Å². The van der Waals surface area contributed by atoms with Crippen LogP contribution in [-0.4, -0.2) is 10.2 Å². The molecule has 0 bridgehead atoms. The second-order valence-electron chi connectivity index (χ2n) is 7.59. The SMILES string of the molecule is Oc1cccc2c1[C@@]1(CC2)CCc2cccc([C@H](O)c3ccccc3)c21. The molecule has 2 nitrogen and oxygen atoms in total. The van der Waals surface area contributed by atoms with Crippen molar-refractivity contribution in [3.8, 4) is 5.75 Å². The number of fused-ring (bicyclic) bond motifs is 4. The molecule has 5 rings (SSSR count). The summed E-state index contributed by atoms with van der Waals surface area (Å²) in [6.07, 6.45) is 3.35. The summed E-state index contributed by atoms with van der Waals surface area (Å²) in [5.41, 5.74) is 6.64. The van der Waals surface area contributed by atoms with Crippen LogP contribution in [0.4, 0.5) is 0 Å². The van der Waals surface area contributed by atoms with Crippen LogP contribution < -0.4 is 0 Å². The van der Waals surface area contributed by atoms with Gasteiger partial charge in [-0.05, 0) is 59.6 Å². The van der Waals surface area contributed by atoms with Crippen LogP contribution in [0.1, 0.15) is 52.3 Å². The minimum atomic E-state index is -0.643. The molecule has 0 heterocycles. The molecule has 0 radical (unpaired) electrons. The summed E-state index contributed by atoms with van der Waals surface area (Å²) in [6, 6.07) is 22.0. The van der Waals surface area contributed by atoms with E-state index in [2.05, 4.69) is 24.3 Å². The number of phenols is 1. The second-order valence-corrected chi connectivity index (χ2v) is 7.59. The Morgan fingerprint density at radius 2 is 1.38 bits per heavy atom. The zero-order valence-electron chi connectivity index (χ0n) is 14.7. The number of rotatable bonds is 2. The molecule has 3 aromatic carbocycles. The Balaban J connectivity index is 1.72. The molecular formula is C24H22O2. The third-order valence-corrected chi connectivity index (χ3v) is 6.32. The monoisotopic (exact) mass is 342 g/mol. The van der Waals surface area contributed by atoms with Crippen molar-refractivity contribution in [2.75, 3.05) is 0 Å². The summed E-state index contributed by atoms with van der Waals surface area (Å²) in [5, 5.41) is 21.8. The number of hydrogen-bond acceptors (Lipinski definition) is 2. The van der Waals surface area contributed by atoms with E-state index in [0.29, 0.717) is 5.75 Å². The summed E-state index contributed by atoms with van der Waals surface area (Å²) in [4.78, 5) is 0. The molecule has 2 N–H and O–H groups in total. The van der Waals surface area contributed by atoms with Gasteiger partial charge in [0.25, 0.3) is 0 Å². The van der Waals surface area contributed by atoms with E-state index in [1.165, 1.54) is 16.7 Å². The molecule has 2 aliphatic rings. The van der Waals surface area contributed by atoms with Gasteiger partial charge in [0.1, 0.15) is 11.9 Å². The third kappa shape index (κ3) is 2.09. The Morgan fingerprint density at radius 3 is 2.12 bits per heavy atom. The van der Waals surface area contributed by atoms with E-state index >= 15 is 0 Å². The van der Waals surface area contributed by atoms with Gasteiger partial charge >= 0.3 is 0 Å². The van der Waals surface area contributed by atoms with E-state index in [1.807, 2.05) is 36.4 Å². The van der Waals surface area contributed by atoms with Gasteiger partial charge in [-0.1, -0.05) is 60.7 Å². The van der Waals surface area contributed by atoms with E-state index in [4.69, 9.17) is 0 Å². The van der Waals surface area contributed by atoms with Crippen molar-refractivity contribution in [1.82, 2.24) is 0 Å². The van der Waals surface area contributed by atoms with Crippen molar-refractivity contribution >= 4 is 0 Å². The molecule has 0 amide bonds. The highest BCUT2D eigenvalue weighted by Crippen LogP contribution is 2.56. The Kier molecular flexibility index (Phi) is 3.44. The average molecular weight is 342 g/mol. The largest absolute Gasteiger partial charge is 0.508 e. The van der Waals surface area contributed by atoms with Gasteiger partial charge in [-0.25, -0.2) is 0 Å². The van der Waals surface area contributed by atoms with Gasteiger partial charge < -0.3 is 10.2 Å². The fraction of sp³-hybridized carbons (Fsp3) is 0.250. The Bertz CT molecular complexity index is 973. The molecule has 2 atom stereocenters. The number of aromatic hydroxyl groups is 1. The lowest BCUT2D eigenvalue weighted by molar-refractivity contribution is 0.217. The van der Waals surface area contributed by atoms with E-state index in [-0.39, 0.29) is 5.41 Å². The predicted molar refractivity (Wildman–Crippen MR) is 102 cm³/mol. The second kappa shape index (κ2) is 5.72. The smallest absolute Gasteiger partial charge is 0.119 e. The van der Waals surface area contributed by atoms with Crippen LogP contribution in [-0.2, 0) is 18.3 Å². The lowest BCUT2D eigenvalue weighted by Gasteiger charge is -2.30. The number of aryl methyl sites for hydroxylation is 2. The predicted octanol–water partition coefficient (Wildman–Crippen LogP) is 4.65. The van der Waals surface area contributed by atoms with Crippen LogP contribution in [0, 0.1) is 0 Å². The molecule has 0 unspecified atom stereocenters. The molecule has 26 heavy (non-hydrogen) atoms. The van der Waals surface area contributed by atoms with Gasteiger partial charge in [-0.3, -0.25) is 0 Å². The molecule has 0 aliphatic heterocycles. The zero-order valence-corrected chi connectivity index (χ0v) is 14.7. The summed E-state index contributed by atoms with van der Waals surface area (Å²) < 4.78 is 0. The van der Waals surface area contributed by atoms with Crippen LogP contribution in [0.3, 0.4) is 0 Å². The van der Waals surface area contributed by atoms with E-state index in [1.54, 1.807) is 6.07 Å². The van der Waals surface area contributed by atoms with Crippen molar-refractivity contribution in [2.24, 2.45) is 0 Å². The molecular weight excluding hydrogens is 320 g/mol. The third-order valence-electron chi connectivity index (χ3n) is 6.32. The van der Waals surface area contributed by atoms with Crippen LogP contribution >= 0.6 is 0 Å². The minimum absolute atomic E-state index is 0.164. The maximum Gasteiger partial charge on any atom is 0.119 e. The Hall–Kier alpha value is -2.58. The molecule has 0 saturated carbocycles. The van der Waals surface area contributed by atoms with E-state index in [0.717, 1.165) is 42.4 Å². The van der Waals surface area contributed by atoms with Crippen molar-refractivity contribution in [3.63, 3.8) is 0 Å². The highest BCUT2D eigenvalue weighted by Gasteiger charge is 2.48. The fourth-order valence-electron chi connectivity index (χ4n) is 5.25. The lowest BCUT2D eigenvalue weighted by atomic mass is 9.73. The standard InChI is InChI=1S/C24H22O2/c25-20-11-5-9-17-13-15-24(22(17)20)14-12-16-8-4-10-19(21(16)24)23(26)18-6-2-1-3-7-18/h1-11,23,25-26H,12-15H2/t23-,24-/m1/s1. The first-order chi connectivity index (χ1) is 12.7. The van der Waals surface area contributed by atoms with Gasteiger partial charge in [-0.2, -0.15) is 0 Å². The highest BCUT2D eigenvalue weighted by molar-refractivity contribution is 5.61. The van der Waals surface area contributed by atoms with Gasteiger partial charge in [-0.15, -0.1) is 0 Å². The van der Waals surface area contributed by atoms with Crippen LogP contribution in [0.2, 0.25) is 0 Å². The van der Waals surface area contributed by atoms with Gasteiger partial charge in [0, 0.05) is 11.0 Å².